The maximum absolute atomic E-state index is 11.0. The van der Waals surface area contributed by atoms with Gasteiger partial charge in [0.15, 0.2) is 0 Å². The first kappa shape index (κ1) is 11.0. The number of nitrogens with zero attached hydrogens (tertiary/aromatic N) is 1. The predicted octanol–water partition coefficient (Wildman–Crippen LogP) is 2.82. The first-order chi connectivity index (χ1) is 6.63. The van der Waals surface area contributed by atoms with Crippen molar-refractivity contribution in [3.63, 3.8) is 0 Å². The van der Waals surface area contributed by atoms with Gasteiger partial charge >= 0.3 is 6.09 Å². The van der Waals surface area contributed by atoms with Crippen LogP contribution in [0.15, 0.2) is 30.8 Å². The van der Waals surface area contributed by atoms with E-state index >= 15 is 0 Å². The summed E-state index contributed by atoms with van der Waals surface area (Å²) in [5.41, 5.74) is 0.957. The van der Waals surface area contributed by atoms with Crippen molar-refractivity contribution in [3.8, 4) is 5.75 Å². The van der Waals surface area contributed by atoms with E-state index in [1.54, 1.807) is 30.3 Å². The average Bonchev–Trinajstić information content (AvgIpc) is 2.19. The third kappa shape index (κ3) is 3.01. The van der Waals surface area contributed by atoms with Gasteiger partial charge in [-0.2, -0.15) is 3.71 Å². The Morgan fingerprint density at radius 1 is 1.36 bits per heavy atom. The number of ether oxygens (including phenoxy) is 1. The Labute approximate surface area is 93.5 Å². The number of carbonyl (C=O) groups excluding carboxylic acids is 1. The van der Waals surface area contributed by atoms with Gasteiger partial charge < -0.3 is 4.74 Å². The van der Waals surface area contributed by atoms with Gasteiger partial charge in [-0.1, -0.05) is 24.8 Å². The molecule has 0 spiro atoms. The standard InChI is InChI=1S/C9H9NO2S2/c1-2-7-3-5-8(6-4-7)12-9(11)10(13)14/h2-6,13-14H,1H2. The molecule has 0 unspecified atom stereocenters. The Balaban J connectivity index is 2.69. The highest BCUT2D eigenvalue weighted by Crippen LogP contribution is 2.14. The zero-order valence-corrected chi connectivity index (χ0v) is 9.04. The molecule has 1 aromatic carbocycles. The molecule has 0 aromatic heterocycles. The SMILES string of the molecule is C=Cc1ccc(OC(=O)N(S)S)cc1. The number of hydrogen-bond acceptors (Lipinski definition) is 4. The van der Waals surface area contributed by atoms with E-state index < -0.39 is 6.09 Å². The Kier molecular flexibility index (Phi) is 3.91. The van der Waals surface area contributed by atoms with Gasteiger partial charge in [0.05, 0.1) is 0 Å². The molecule has 14 heavy (non-hydrogen) atoms. The lowest BCUT2D eigenvalue weighted by Crippen LogP contribution is -2.16. The van der Waals surface area contributed by atoms with Crippen LogP contribution in [0.2, 0.25) is 0 Å². The monoisotopic (exact) mass is 227 g/mol. The van der Waals surface area contributed by atoms with Crippen LogP contribution in [0, 0.1) is 0 Å². The zero-order valence-electron chi connectivity index (χ0n) is 7.25. The van der Waals surface area contributed by atoms with Gasteiger partial charge in [-0.05, 0) is 43.3 Å². The fourth-order valence-corrected chi connectivity index (χ4v) is 0.895. The van der Waals surface area contributed by atoms with Crippen molar-refractivity contribution in [2.75, 3.05) is 0 Å². The summed E-state index contributed by atoms with van der Waals surface area (Å²) in [6.07, 6.45) is 1.05. The number of amides is 1. The van der Waals surface area contributed by atoms with Gasteiger partial charge in [-0.25, -0.2) is 4.79 Å². The predicted molar refractivity (Wildman–Crippen MR) is 62.4 cm³/mol. The number of benzene rings is 1. The Morgan fingerprint density at radius 2 is 1.93 bits per heavy atom. The summed E-state index contributed by atoms with van der Waals surface area (Å²) in [6, 6.07) is 6.91. The van der Waals surface area contributed by atoms with Gasteiger partial charge in [0.25, 0.3) is 0 Å². The summed E-state index contributed by atoms with van der Waals surface area (Å²) in [5, 5.41) is 0. The molecule has 0 saturated carbocycles. The smallest absolute Gasteiger partial charge is 0.409 e. The second kappa shape index (κ2) is 4.97. The van der Waals surface area contributed by atoms with Crippen LogP contribution in [0.3, 0.4) is 0 Å². The fourth-order valence-electron chi connectivity index (χ4n) is 0.814. The van der Waals surface area contributed by atoms with E-state index in [-0.39, 0.29) is 0 Å². The van der Waals surface area contributed by atoms with Crippen molar-refractivity contribution in [2.24, 2.45) is 0 Å². The van der Waals surface area contributed by atoms with Crippen molar-refractivity contribution in [1.29, 1.82) is 0 Å². The fraction of sp³-hybridized carbons (Fsp3) is 0. The number of rotatable bonds is 2. The Hall–Kier alpha value is -1.07. The number of thiol groups is 2. The van der Waals surface area contributed by atoms with Crippen LogP contribution >= 0.6 is 25.6 Å². The van der Waals surface area contributed by atoms with Crippen LogP contribution < -0.4 is 4.74 Å². The highest BCUT2D eigenvalue weighted by atomic mass is 32.2. The Morgan fingerprint density at radius 3 is 2.36 bits per heavy atom. The van der Waals surface area contributed by atoms with E-state index in [9.17, 15) is 4.79 Å². The summed E-state index contributed by atoms with van der Waals surface area (Å²) in [7, 11) is 0. The molecular weight excluding hydrogens is 218 g/mol. The molecule has 0 aliphatic rings. The van der Waals surface area contributed by atoms with Crippen LogP contribution in [0.25, 0.3) is 6.08 Å². The van der Waals surface area contributed by atoms with E-state index in [4.69, 9.17) is 4.74 Å². The maximum atomic E-state index is 11.0. The molecule has 1 aromatic rings. The Bertz CT molecular complexity index is 335. The lowest BCUT2D eigenvalue weighted by atomic mass is 10.2. The summed E-state index contributed by atoms with van der Waals surface area (Å²) in [5.74, 6) is 0.439. The second-order valence-corrected chi connectivity index (χ2v) is 3.55. The molecule has 0 fully saturated rings. The molecule has 5 heteroatoms. The lowest BCUT2D eigenvalue weighted by molar-refractivity contribution is 0.197. The van der Waals surface area contributed by atoms with Crippen LogP contribution in [-0.4, -0.2) is 9.80 Å². The summed E-state index contributed by atoms with van der Waals surface area (Å²) >= 11 is 7.34. The molecule has 74 valence electrons. The van der Waals surface area contributed by atoms with E-state index in [2.05, 4.69) is 32.2 Å². The maximum Gasteiger partial charge on any atom is 0.435 e. The molecule has 0 heterocycles. The van der Waals surface area contributed by atoms with E-state index in [0.717, 1.165) is 9.27 Å². The average molecular weight is 227 g/mol. The molecule has 0 bridgehead atoms. The van der Waals surface area contributed by atoms with Gasteiger partial charge in [0.1, 0.15) is 5.75 Å². The molecule has 0 radical (unpaired) electrons. The van der Waals surface area contributed by atoms with Crippen molar-refractivity contribution >= 4 is 37.8 Å². The second-order valence-electron chi connectivity index (χ2n) is 2.43. The molecule has 0 aliphatic heterocycles. The van der Waals surface area contributed by atoms with Gasteiger partial charge in [-0.3, -0.25) is 0 Å². The zero-order chi connectivity index (χ0) is 10.6. The summed E-state index contributed by atoms with van der Waals surface area (Å²) < 4.78 is 5.64. The normalized spacial score (nSPS) is 9.29. The van der Waals surface area contributed by atoms with Crippen molar-refractivity contribution in [2.45, 2.75) is 0 Å². The highest BCUT2D eigenvalue weighted by Gasteiger charge is 2.07. The first-order valence-corrected chi connectivity index (χ1v) is 4.55. The van der Waals surface area contributed by atoms with Crippen molar-refractivity contribution in [1.82, 2.24) is 3.71 Å². The highest BCUT2D eigenvalue weighted by molar-refractivity contribution is 7.94. The minimum atomic E-state index is -0.650. The minimum Gasteiger partial charge on any atom is -0.409 e. The van der Waals surface area contributed by atoms with Crippen molar-refractivity contribution < 1.29 is 9.53 Å². The topological polar surface area (TPSA) is 29.5 Å². The minimum absolute atomic E-state index is 0.439. The third-order valence-corrected chi connectivity index (χ3v) is 1.81. The molecule has 0 saturated heterocycles. The van der Waals surface area contributed by atoms with Crippen molar-refractivity contribution in [3.05, 3.63) is 36.4 Å². The molecular formula is C9H9NO2S2. The van der Waals surface area contributed by atoms with Crippen LogP contribution in [0.1, 0.15) is 5.56 Å². The molecule has 1 amide bonds. The summed E-state index contributed by atoms with van der Waals surface area (Å²) in [6.45, 7) is 3.61. The van der Waals surface area contributed by atoms with Crippen LogP contribution in [-0.2, 0) is 0 Å². The summed E-state index contributed by atoms with van der Waals surface area (Å²) in [4.78, 5) is 11.0. The van der Waals surface area contributed by atoms with E-state index in [0.29, 0.717) is 5.75 Å². The lowest BCUT2D eigenvalue weighted by Gasteiger charge is -2.07. The molecule has 0 atom stereocenters. The van der Waals surface area contributed by atoms with Crippen LogP contribution in [0.4, 0.5) is 4.79 Å². The van der Waals surface area contributed by atoms with E-state index in [1.165, 1.54) is 0 Å². The molecule has 0 N–H and O–H groups in total. The quantitative estimate of drug-likeness (QED) is 0.761. The van der Waals surface area contributed by atoms with Gasteiger partial charge in [0.2, 0.25) is 0 Å². The first-order valence-electron chi connectivity index (χ1n) is 3.75. The van der Waals surface area contributed by atoms with Gasteiger partial charge in [0, 0.05) is 0 Å². The van der Waals surface area contributed by atoms with Gasteiger partial charge in [-0.15, -0.1) is 0 Å². The molecule has 1 rings (SSSR count). The number of hydrogen-bond donors (Lipinski definition) is 2. The van der Waals surface area contributed by atoms with Crippen LogP contribution in [0.5, 0.6) is 5.75 Å². The van der Waals surface area contributed by atoms with E-state index in [1.807, 2.05) is 0 Å². The third-order valence-electron chi connectivity index (χ3n) is 1.48. The largest absolute Gasteiger partial charge is 0.435 e. The molecule has 3 nitrogen and oxygen atoms in total. The number of carbonyl (C=O) groups is 1. The molecule has 0 aliphatic carbocycles.